The highest BCUT2D eigenvalue weighted by Gasteiger charge is 2.01. The molecule has 0 saturated heterocycles. The molecule has 0 spiro atoms. The van der Waals surface area contributed by atoms with Crippen LogP contribution in [-0.4, -0.2) is 24.7 Å². The number of ether oxygens (including phenoxy) is 2. The third kappa shape index (κ3) is 5.47. The van der Waals surface area contributed by atoms with E-state index >= 15 is 0 Å². The van der Waals surface area contributed by atoms with Gasteiger partial charge >= 0.3 is 6.09 Å². The van der Waals surface area contributed by atoms with Gasteiger partial charge in [0.25, 0.3) is 0 Å². The van der Waals surface area contributed by atoms with E-state index in [0.29, 0.717) is 12.4 Å². The van der Waals surface area contributed by atoms with Gasteiger partial charge in [0.2, 0.25) is 5.88 Å². The predicted molar refractivity (Wildman–Crippen MR) is 89.2 cm³/mol. The van der Waals surface area contributed by atoms with Gasteiger partial charge in [-0.2, -0.15) is 0 Å². The van der Waals surface area contributed by atoms with Crippen LogP contribution in [0.15, 0.2) is 48.7 Å². The maximum Gasteiger partial charge on any atom is 0.407 e. The number of pyridine rings is 1. The predicted octanol–water partition coefficient (Wildman–Crippen LogP) is 3.34. The number of rotatable bonds is 6. The lowest BCUT2D eigenvalue weighted by Gasteiger charge is -2.05. The quantitative estimate of drug-likeness (QED) is 0.888. The Labute approximate surface area is 136 Å². The average molecular weight is 312 g/mol. The van der Waals surface area contributed by atoms with E-state index in [1.165, 1.54) is 0 Å². The van der Waals surface area contributed by atoms with Crippen molar-refractivity contribution in [3.05, 3.63) is 65.4 Å². The van der Waals surface area contributed by atoms with Crippen molar-refractivity contribution in [2.75, 3.05) is 13.7 Å². The van der Waals surface area contributed by atoms with Crippen LogP contribution >= 0.6 is 0 Å². The molecule has 1 N–H and O–H groups in total. The molecule has 0 aliphatic rings. The molecule has 5 heteroatoms. The number of nitrogens with zero attached hydrogens (tertiary/aromatic N) is 1. The number of nitrogens with one attached hydrogen (secondary N) is 1. The van der Waals surface area contributed by atoms with Crippen molar-refractivity contribution in [3.8, 4) is 5.88 Å². The molecule has 0 aliphatic carbocycles. The molecule has 1 aromatic heterocycles. The molecule has 1 amide bonds. The highest BCUT2D eigenvalue weighted by Crippen LogP contribution is 2.14. The van der Waals surface area contributed by atoms with Crippen LogP contribution in [0.2, 0.25) is 0 Å². The first-order valence-electron chi connectivity index (χ1n) is 7.31. The molecule has 120 valence electrons. The smallest absolute Gasteiger partial charge is 0.407 e. The highest BCUT2D eigenvalue weighted by atomic mass is 16.5. The summed E-state index contributed by atoms with van der Waals surface area (Å²) in [6.45, 7) is 2.63. The van der Waals surface area contributed by atoms with Crippen molar-refractivity contribution in [2.45, 2.75) is 13.5 Å². The molecule has 0 unspecified atom stereocenters. The van der Waals surface area contributed by atoms with Gasteiger partial charge in [0.05, 0.1) is 7.11 Å². The molecular formula is C18H20N2O3. The summed E-state index contributed by atoms with van der Waals surface area (Å²) in [6, 6.07) is 11.4. The lowest BCUT2D eigenvalue weighted by Crippen LogP contribution is -2.24. The van der Waals surface area contributed by atoms with Gasteiger partial charge in [-0.1, -0.05) is 42.5 Å². The molecule has 0 fully saturated rings. The third-order valence-corrected chi connectivity index (χ3v) is 3.21. The van der Waals surface area contributed by atoms with Gasteiger partial charge in [-0.05, 0) is 23.6 Å². The highest BCUT2D eigenvalue weighted by molar-refractivity contribution is 5.67. The molecule has 1 aromatic carbocycles. The largest absolute Gasteiger partial charge is 0.481 e. The summed E-state index contributed by atoms with van der Waals surface area (Å²) in [5.41, 5.74) is 2.99. The van der Waals surface area contributed by atoms with Gasteiger partial charge < -0.3 is 14.8 Å². The number of aromatic nitrogens is 1. The van der Waals surface area contributed by atoms with Crippen molar-refractivity contribution in [1.82, 2.24) is 10.3 Å². The van der Waals surface area contributed by atoms with E-state index in [1.807, 2.05) is 55.5 Å². The normalized spacial score (nSPS) is 10.5. The van der Waals surface area contributed by atoms with Crippen LogP contribution in [0.25, 0.3) is 6.08 Å². The lowest BCUT2D eigenvalue weighted by atomic mass is 10.1. The second-order valence-corrected chi connectivity index (χ2v) is 4.93. The zero-order valence-corrected chi connectivity index (χ0v) is 13.3. The summed E-state index contributed by atoms with van der Waals surface area (Å²) in [6.07, 6.45) is 5.04. The Bertz CT molecular complexity index is 669. The molecule has 0 bridgehead atoms. The molecule has 23 heavy (non-hydrogen) atoms. The van der Waals surface area contributed by atoms with E-state index in [2.05, 4.69) is 10.3 Å². The minimum atomic E-state index is -0.442. The Kier molecular flexibility index (Phi) is 6.17. The summed E-state index contributed by atoms with van der Waals surface area (Å²) in [4.78, 5) is 15.7. The Morgan fingerprint density at radius 2 is 2.09 bits per heavy atom. The number of benzene rings is 1. The fraction of sp³-hybridized carbons (Fsp3) is 0.222. The summed E-state index contributed by atoms with van der Waals surface area (Å²) in [7, 11) is 1.59. The van der Waals surface area contributed by atoms with Gasteiger partial charge in [-0.25, -0.2) is 9.78 Å². The number of carbonyl (C=O) groups excluding carboxylic acids is 1. The van der Waals surface area contributed by atoms with Crippen LogP contribution < -0.4 is 10.1 Å². The van der Waals surface area contributed by atoms with Crippen LogP contribution in [0.5, 0.6) is 5.88 Å². The molecule has 0 aliphatic heterocycles. The van der Waals surface area contributed by atoms with Crippen LogP contribution in [0.3, 0.4) is 0 Å². The Balaban J connectivity index is 1.74. The molecule has 5 nitrogen and oxygen atoms in total. The standard InChI is InChI=1S/C18H20N2O3/c1-14-11-17(22-2)20-12-16(14)9-6-10-19-18(21)23-13-15-7-4-3-5-8-15/h3-9,11-12H,10,13H2,1-2H3,(H,19,21). The first kappa shape index (κ1) is 16.5. The van der Waals surface area contributed by atoms with E-state index < -0.39 is 6.09 Å². The minimum Gasteiger partial charge on any atom is -0.481 e. The van der Waals surface area contributed by atoms with Crippen molar-refractivity contribution in [3.63, 3.8) is 0 Å². The molecule has 0 atom stereocenters. The summed E-state index contributed by atoms with van der Waals surface area (Å²) < 4.78 is 10.2. The average Bonchev–Trinajstić information content (AvgIpc) is 2.58. The van der Waals surface area contributed by atoms with Gasteiger partial charge in [0, 0.05) is 18.8 Å². The van der Waals surface area contributed by atoms with Crippen molar-refractivity contribution in [1.29, 1.82) is 0 Å². The van der Waals surface area contributed by atoms with E-state index in [0.717, 1.165) is 16.7 Å². The van der Waals surface area contributed by atoms with Gasteiger partial charge in [0.15, 0.2) is 0 Å². The zero-order chi connectivity index (χ0) is 16.5. The maximum absolute atomic E-state index is 11.6. The monoisotopic (exact) mass is 312 g/mol. The fourth-order valence-corrected chi connectivity index (χ4v) is 1.93. The van der Waals surface area contributed by atoms with Crippen molar-refractivity contribution >= 4 is 12.2 Å². The number of carbonyl (C=O) groups is 1. The topological polar surface area (TPSA) is 60.5 Å². The Hall–Kier alpha value is -2.82. The molecule has 1 heterocycles. The van der Waals surface area contributed by atoms with Crippen molar-refractivity contribution in [2.24, 2.45) is 0 Å². The van der Waals surface area contributed by atoms with Crippen LogP contribution in [0, 0.1) is 6.92 Å². The van der Waals surface area contributed by atoms with E-state index in [4.69, 9.17) is 9.47 Å². The van der Waals surface area contributed by atoms with E-state index in [9.17, 15) is 4.79 Å². The molecular weight excluding hydrogens is 292 g/mol. The first-order chi connectivity index (χ1) is 11.2. The van der Waals surface area contributed by atoms with E-state index in [1.54, 1.807) is 13.3 Å². The second kappa shape index (κ2) is 8.58. The summed E-state index contributed by atoms with van der Waals surface area (Å²) in [5, 5.41) is 2.67. The first-order valence-corrected chi connectivity index (χ1v) is 7.31. The number of amides is 1. The Morgan fingerprint density at radius 1 is 1.30 bits per heavy atom. The van der Waals surface area contributed by atoms with Crippen LogP contribution in [0.4, 0.5) is 4.79 Å². The third-order valence-electron chi connectivity index (χ3n) is 3.21. The fourth-order valence-electron chi connectivity index (χ4n) is 1.93. The number of methoxy groups -OCH3 is 1. The molecule has 0 saturated carbocycles. The van der Waals surface area contributed by atoms with Gasteiger partial charge in [0.1, 0.15) is 6.61 Å². The number of hydrogen-bond acceptors (Lipinski definition) is 4. The molecule has 0 radical (unpaired) electrons. The summed E-state index contributed by atoms with van der Waals surface area (Å²) in [5.74, 6) is 0.585. The van der Waals surface area contributed by atoms with Gasteiger partial charge in [-0.15, -0.1) is 0 Å². The second-order valence-electron chi connectivity index (χ2n) is 4.93. The zero-order valence-electron chi connectivity index (χ0n) is 13.3. The maximum atomic E-state index is 11.6. The molecule has 2 rings (SSSR count). The van der Waals surface area contributed by atoms with Crippen molar-refractivity contribution < 1.29 is 14.3 Å². The number of hydrogen-bond donors (Lipinski definition) is 1. The van der Waals surface area contributed by atoms with Crippen LogP contribution in [0.1, 0.15) is 16.7 Å². The SMILES string of the molecule is COc1cc(C)c(C=CCNC(=O)OCc2ccccc2)cn1. The van der Waals surface area contributed by atoms with Gasteiger partial charge in [-0.3, -0.25) is 0 Å². The van der Waals surface area contributed by atoms with E-state index in [-0.39, 0.29) is 6.61 Å². The molecule has 2 aromatic rings. The minimum absolute atomic E-state index is 0.262. The number of alkyl carbamates (subject to hydrolysis) is 1. The Morgan fingerprint density at radius 3 is 2.78 bits per heavy atom. The lowest BCUT2D eigenvalue weighted by molar-refractivity contribution is 0.141. The van der Waals surface area contributed by atoms with Crippen LogP contribution in [-0.2, 0) is 11.3 Å². The summed E-state index contributed by atoms with van der Waals surface area (Å²) >= 11 is 0. The number of aryl methyl sites for hydroxylation is 1.